The number of hydrogen-bond acceptors (Lipinski definition) is 4. The topological polar surface area (TPSA) is 33.7 Å². The highest BCUT2D eigenvalue weighted by atomic mass is 16.5. The molecule has 4 heteroatoms. The minimum atomic E-state index is -0.0554. The molecule has 0 radical (unpaired) electrons. The van der Waals surface area contributed by atoms with Crippen molar-refractivity contribution in [1.82, 2.24) is 5.32 Å². The maximum absolute atomic E-state index is 6.19. The lowest BCUT2D eigenvalue weighted by molar-refractivity contribution is -0.0979. The van der Waals surface area contributed by atoms with E-state index in [1.807, 2.05) is 0 Å². The van der Waals surface area contributed by atoms with Crippen LogP contribution in [0.15, 0.2) is 48.5 Å². The fraction of sp³-hybridized carbons (Fsp3) is 0.538. The first kappa shape index (κ1) is 22.6. The van der Waals surface area contributed by atoms with Crippen LogP contribution >= 0.6 is 0 Å². The number of hydrogen-bond donors (Lipinski definition) is 1. The van der Waals surface area contributed by atoms with Gasteiger partial charge in [0.2, 0.25) is 0 Å². The zero-order valence-electron chi connectivity index (χ0n) is 19.3. The van der Waals surface area contributed by atoms with Crippen LogP contribution in [-0.4, -0.2) is 40.0 Å². The van der Waals surface area contributed by atoms with Gasteiger partial charge in [-0.2, -0.15) is 0 Å². The highest BCUT2D eigenvalue weighted by Gasteiger charge is 2.43. The van der Waals surface area contributed by atoms with Crippen LogP contribution in [0, 0.1) is 0 Å². The zero-order chi connectivity index (χ0) is 21.6. The first-order chi connectivity index (χ1) is 14.4. The lowest BCUT2D eigenvalue weighted by Gasteiger charge is -2.47. The Morgan fingerprint density at radius 2 is 1.77 bits per heavy atom. The third-order valence-corrected chi connectivity index (χ3v) is 6.76. The summed E-state index contributed by atoms with van der Waals surface area (Å²) in [5.41, 5.74) is 4.04. The highest BCUT2D eigenvalue weighted by molar-refractivity contribution is 5.46. The number of benzene rings is 2. The van der Waals surface area contributed by atoms with Crippen LogP contribution in [-0.2, 0) is 16.7 Å². The molecule has 0 amide bonds. The number of rotatable bonds is 9. The zero-order valence-corrected chi connectivity index (χ0v) is 19.3. The van der Waals surface area contributed by atoms with Crippen molar-refractivity contribution in [1.29, 1.82) is 0 Å². The van der Waals surface area contributed by atoms with Crippen molar-refractivity contribution in [3.8, 4) is 5.75 Å². The fourth-order valence-electron chi connectivity index (χ4n) is 4.60. The van der Waals surface area contributed by atoms with E-state index in [4.69, 9.17) is 9.47 Å². The van der Waals surface area contributed by atoms with E-state index in [1.54, 1.807) is 7.11 Å². The second-order valence-electron chi connectivity index (χ2n) is 9.08. The summed E-state index contributed by atoms with van der Waals surface area (Å²) >= 11 is 0. The van der Waals surface area contributed by atoms with E-state index in [9.17, 15) is 0 Å². The van der Waals surface area contributed by atoms with E-state index in [1.165, 1.54) is 16.8 Å². The Balaban J connectivity index is 1.68. The molecule has 0 spiro atoms. The first-order valence-corrected chi connectivity index (χ1v) is 11.2. The molecular weight excluding hydrogens is 372 g/mol. The molecule has 4 nitrogen and oxygen atoms in total. The van der Waals surface area contributed by atoms with Gasteiger partial charge < -0.3 is 19.7 Å². The third-order valence-electron chi connectivity index (χ3n) is 6.76. The molecule has 0 unspecified atom stereocenters. The number of nitrogens with zero attached hydrogens (tertiary/aromatic N) is 1. The molecule has 2 aromatic rings. The standard InChI is InChI=1S/C26H38N2O2/c1-6-25(2)20-26(16-18-30-25,22-9-13-24(29-5)14-10-22)15-17-27-19-21-7-11-23(12-8-21)28(3)4/h7-14,27H,6,15-20H2,1-5H3/t25-,26-/m0/s1. The molecule has 2 aromatic carbocycles. The molecule has 30 heavy (non-hydrogen) atoms. The van der Waals surface area contributed by atoms with Gasteiger partial charge in [0.15, 0.2) is 0 Å². The molecule has 2 atom stereocenters. The molecule has 1 aliphatic heterocycles. The minimum Gasteiger partial charge on any atom is -0.497 e. The van der Waals surface area contributed by atoms with Gasteiger partial charge in [-0.25, -0.2) is 0 Å². The van der Waals surface area contributed by atoms with E-state index in [2.05, 4.69) is 86.7 Å². The normalized spacial score (nSPS) is 23.9. The van der Waals surface area contributed by atoms with Gasteiger partial charge in [-0.3, -0.25) is 0 Å². The molecule has 0 aromatic heterocycles. The molecule has 1 N–H and O–H groups in total. The molecule has 0 aliphatic carbocycles. The number of nitrogens with one attached hydrogen (secondary N) is 1. The largest absolute Gasteiger partial charge is 0.497 e. The maximum atomic E-state index is 6.19. The van der Waals surface area contributed by atoms with Crippen molar-refractivity contribution in [2.45, 2.75) is 57.1 Å². The Hall–Kier alpha value is -2.04. The van der Waals surface area contributed by atoms with Crippen molar-refractivity contribution in [2.24, 2.45) is 0 Å². The molecular formula is C26H38N2O2. The third kappa shape index (κ3) is 5.35. The minimum absolute atomic E-state index is 0.0554. The quantitative estimate of drug-likeness (QED) is 0.579. The fourth-order valence-corrected chi connectivity index (χ4v) is 4.60. The van der Waals surface area contributed by atoms with Crippen LogP contribution in [0.4, 0.5) is 5.69 Å². The average molecular weight is 411 g/mol. The van der Waals surface area contributed by atoms with Gasteiger partial charge in [-0.15, -0.1) is 0 Å². The number of methoxy groups -OCH3 is 1. The summed E-state index contributed by atoms with van der Waals surface area (Å²) in [5.74, 6) is 0.915. The van der Waals surface area contributed by atoms with Crippen molar-refractivity contribution in [2.75, 3.05) is 39.3 Å². The van der Waals surface area contributed by atoms with Crippen molar-refractivity contribution in [3.05, 3.63) is 59.7 Å². The average Bonchev–Trinajstić information content (AvgIpc) is 2.77. The highest BCUT2D eigenvalue weighted by Crippen LogP contribution is 2.45. The summed E-state index contributed by atoms with van der Waals surface area (Å²) in [6.07, 6.45) is 4.26. The lowest BCUT2D eigenvalue weighted by Crippen LogP contribution is -2.46. The number of anilines is 1. The second kappa shape index (κ2) is 9.84. The summed E-state index contributed by atoms with van der Waals surface area (Å²) < 4.78 is 11.6. The van der Waals surface area contributed by atoms with Gasteiger partial charge in [-0.05, 0) is 74.5 Å². The predicted octanol–water partition coefficient (Wildman–Crippen LogP) is 5.16. The van der Waals surface area contributed by atoms with Gasteiger partial charge in [0, 0.05) is 38.3 Å². The van der Waals surface area contributed by atoms with E-state index in [-0.39, 0.29) is 11.0 Å². The van der Waals surface area contributed by atoms with Gasteiger partial charge in [0.1, 0.15) is 5.75 Å². The van der Waals surface area contributed by atoms with E-state index >= 15 is 0 Å². The Bertz CT molecular complexity index is 788. The first-order valence-electron chi connectivity index (χ1n) is 11.2. The summed E-state index contributed by atoms with van der Waals surface area (Å²) in [7, 11) is 5.87. The Morgan fingerprint density at radius 3 is 2.37 bits per heavy atom. The van der Waals surface area contributed by atoms with Crippen LogP contribution in [0.25, 0.3) is 0 Å². The van der Waals surface area contributed by atoms with Crippen LogP contribution in [0.1, 0.15) is 50.7 Å². The SMILES string of the molecule is CC[C@@]1(C)C[C@@](CCNCc2ccc(N(C)C)cc2)(c2ccc(OC)cc2)CCO1. The Kier molecular flexibility index (Phi) is 7.43. The van der Waals surface area contributed by atoms with Crippen LogP contribution < -0.4 is 15.0 Å². The monoisotopic (exact) mass is 410 g/mol. The molecule has 1 heterocycles. The van der Waals surface area contributed by atoms with Crippen LogP contribution in [0.5, 0.6) is 5.75 Å². The Labute approximate surface area is 182 Å². The molecule has 3 rings (SSSR count). The molecule has 1 aliphatic rings. The summed E-state index contributed by atoms with van der Waals surface area (Å²) in [5, 5.41) is 3.68. The Morgan fingerprint density at radius 1 is 1.07 bits per heavy atom. The second-order valence-corrected chi connectivity index (χ2v) is 9.08. The van der Waals surface area contributed by atoms with Gasteiger partial charge in [0.05, 0.1) is 12.7 Å². The summed E-state index contributed by atoms with van der Waals surface area (Å²) in [6.45, 7) is 7.21. The summed E-state index contributed by atoms with van der Waals surface area (Å²) in [4.78, 5) is 2.13. The smallest absolute Gasteiger partial charge is 0.118 e. The predicted molar refractivity (Wildman–Crippen MR) is 126 cm³/mol. The van der Waals surface area contributed by atoms with E-state index in [0.29, 0.717) is 0 Å². The van der Waals surface area contributed by atoms with Crippen LogP contribution in [0.2, 0.25) is 0 Å². The van der Waals surface area contributed by atoms with Crippen molar-refractivity contribution < 1.29 is 9.47 Å². The van der Waals surface area contributed by atoms with Crippen molar-refractivity contribution in [3.63, 3.8) is 0 Å². The van der Waals surface area contributed by atoms with Gasteiger partial charge in [-0.1, -0.05) is 31.2 Å². The van der Waals surface area contributed by atoms with Crippen molar-refractivity contribution >= 4 is 5.69 Å². The molecule has 1 fully saturated rings. The summed E-state index contributed by atoms with van der Waals surface area (Å²) in [6, 6.07) is 17.5. The maximum Gasteiger partial charge on any atom is 0.118 e. The molecule has 1 saturated heterocycles. The van der Waals surface area contributed by atoms with E-state index < -0.39 is 0 Å². The molecule has 164 valence electrons. The van der Waals surface area contributed by atoms with E-state index in [0.717, 1.165) is 51.1 Å². The van der Waals surface area contributed by atoms with Crippen LogP contribution in [0.3, 0.4) is 0 Å². The molecule has 0 bridgehead atoms. The van der Waals surface area contributed by atoms with Gasteiger partial charge in [0.25, 0.3) is 0 Å². The van der Waals surface area contributed by atoms with Gasteiger partial charge >= 0.3 is 0 Å². The lowest BCUT2D eigenvalue weighted by atomic mass is 9.66. The molecule has 0 saturated carbocycles. The number of ether oxygens (including phenoxy) is 2.